The summed E-state index contributed by atoms with van der Waals surface area (Å²) >= 11 is 0. The summed E-state index contributed by atoms with van der Waals surface area (Å²) in [4.78, 5) is 6.00. The molecule has 0 aromatic heterocycles. The second-order valence-corrected chi connectivity index (χ2v) is 17.9. The molecule has 0 spiro atoms. The lowest BCUT2D eigenvalue weighted by atomic mass is 9.67. The zero-order valence-electron chi connectivity index (χ0n) is 30.3. The number of fused-ring (bicyclic) bond motifs is 3. The first-order valence-corrected chi connectivity index (χ1v) is 20.7. The summed E-state index contributed by atoms with van der Waals surface area (Å²) in [7, 11) is -1.30. The van der Waals surface area contributed by atoms with Crippen LogP contribution in [0.5, 0.6) is 34.5 Å². The Hall–Kier alpha value is -6.74. The van der Waals surface area contributed by atoms with E-state index in [0.717, 1.165) is 62.8 Å². The van der Waals surface area contributed by atoms with Gasteiger partial charge in [-0.2, -0.15) is 0 Å². The van der Waals surface area contributed by atoms with Gasteiger partial charge < -0.3 is 30.6 Å². The molecule has 57 heavy (non-hydrogen) atoms. The molecule has 278 valence electrons. The first kappa shape index (κ1) is 35.9. The molecule has 0 heterocycles. The van der Waals surface area contributed by atoms with Crippen LogP contribution in [0.4, 0.5) is 0 Å². The Morgan fingerprint density at radius 3 is 0.754 bits per heavy atom. The average molecular weight is 785 g/mol. The molecule has 1 aliphatic carbocycles. The zero-order chi connectivity index (χ0) is 39.3. The SMILES string of the molecule is Oc1ccc([S+](c2ccc(O)cc2)c2ccc3c(c2)C(c2ccc(O)cc2)(c2ccc(O)cc2)c2cc([S+](c4ccc(O)cc4)c4ccc(O)cc4)ccc2-3)cc1. The maximum absolute atomic E-state index is 10.6. The van der Waals surface area contributed by atoms with Gasteiger partial charge in [-0.15, -0.1) is 0 Å². The van der Waals surface area contributed by atoms with Gasteiger partial charge in [0.1, 0.15) is 34.5 Å². The fourth-order valence-electron chi connectivity index (χ4n) is 7.89. The highest BCUT2D eigenvalue weighted by molar-refractivity contribution is 7.97. The van der Waals surface area contributed by atoms with E-state index in [0.29, 0.717) is 0 Å². The average Bonchev–Trinajstić information content (AvgIpc) is 3.51. The first-order chi connectivity index (χ1) is 27.7. The molecule has 6 N–H and O–H groups in total. The van der Waals surface area contributed by atoms with Crippen molar-refractivity contribution in [3.05, 3.63) is 204 Å². The molecule has 9 rings (SSSR count). The van der Waals surface area contributed by atoms with E-state index >= 15 is 0 Å². The van der Waals surface area contributed by atoms with Gasteiger partial charge >= 0.3 is 0 Å². The van der Waals surface area contributed by atoms with Gasteiger partial charge in [-0.3, -0.25) is 0 Å². The van der Waals surface area contributed by atoms with E-state index in [9.17, 15) is 30.6 Å². The lowest BCUT2D eigenvalue weighted by molar-refractivity contribution is 0.474. The summed E-state index contributed by atoms with van der Waals surface area (Å²) in [6.07, 6.45) is 0. The van der Waals surface area contributed by atoms with Gasteiger partial charge in [-0.25, -0.2) is 0 Å². The number of aromatic hydroxyl groups is 6. The normalized spacial score (nSPS) is 12.7. The van der Waals surface area contributed by atoms with E-state index in [-0.39, 0.29) is 34.5 Å². The summed E-state index contributed by atoms with van der Waals surface area (Å²) in [5.74, 6) is 0.970. The van der Waals surface area contributed by atoms with Crippen molar-refractivity contribution in [2.45, 2.75) is 34.8 Å². The van der Waals surface area contributed by atoms with Crippen LogP contribution in [0.15, 0.2) is 211 Å². The van der Waals surface area contributed by atoms with Crippen molar-refractivity contribution in [3.8, 4) is 45.6 Å². The van der Waals surface area contributed by atoms with Crippen molar-refractivity contribution < 1.29 is 30.6 Å². The Kier molecular flexibility index (Phi) is 9.08. The van der Waals surface area contributed by atoms with Gasteiger partial charge in [0.2, 0.25) is 0 Å². The molecule has 6 nitrogen and oxygen atoms in total. The van der Waals surface area contributed by atoms with Gasteiger partial charge in [0.15, 0.2) is 29.4 Å². The molecule has 0 radical (unpaired) electrons. The van der Waals surface area contributed by atoms with Crippen LogP contribution in [0.2, 0.25) is 0 Å². The van der Waals surface area contributed by atoms with E-state index in [1.165, 1.54) is 0 Å². The topological polar surface area (TPSA) is 121 Å². The van der Waals surface area contributed by atoms with E-state index in [4.69, 9.17) is 0 Å². The molecule has 8 aromatic rings. The van der Waals surface area contributed by atoms with Gasteiger partial charge in [0.05, 0.1) is 27.2 Å². The van der Waals surface area contributed by atoms with Crippen molar-refractivity contribution in [2.75, 3.05) is 0 Å². The summed E-state index contributed by atoms with van der Waals surface area (Å²) < 4.78 is 0. The second-order valence-electron chi connectivity index (χ2n) is 13.8. The minimum atomic E-state index is -0.921. The second kappa shape index (κ2) is 14.4. The molecule has 0 saturated heterocycles. The predicted molar refractivity (Wildman–Crippen MR) is 224 cm³/mol. The van der Waals surface area contributed by atoms with Crippen molar-refractivity contribution in [2.24, 2.45) is 0 Å². The summed E-state index contributed by atoms with van der Waals surface area (Å²) in [6, 6.07) is 56.8. The van der Waals surface area contributed by atoms with Crippen LogP contribution < -0.4 is 0 Å². The van der Waals surface area contributed by atoms with E-state index in [2.05, 4.69) is 36.4 Å². The standard InChI is InChI=1S/C49H34O6S2/c50-33-5-1-31(2-6-33)49(32-3-7-34(51)8-4-32)47-29-43(56(39-17-9-35(52)10-18-39)40-19-11-36(53)12-20-40)25-27-45(47)46-28-26-44(30-48(46)49)57(41-21-13-37(54)14-22-41)42-23-15-38(55)16-24-42/h1-30H,(H4-2,50,51,52,53,54,55)/p+2. The Labute approximate surface area is 335 Å². The number of benzene rings is 8. The lowest BCUT2D eigenvalue weighted by Gasteiger charge is -2.34. The molecule has 0 unspecified atom stereocenters. The van der Waals surface area contributed by atoms with E-state index in [1.54, 1.807) is 72.8 Å². The van der Waals surface area contributed by atoms with Crippen LogP contribution in [-0.2, 0) is 27.2 Å². The summed E-state index contributed by atoms with van der Waals surface area (Å²) in [6.45, 7) is 0. The number of phenols is 6. The van der Waals surface area contributed by atoms with Gasteiger partial charge in [-0.05, 0) is 191 Å². The maximum Gasteiger partial charge on any atom is 0.166 e. The summed E-state index contributed by atoms with van der Waals surface area (Å²) in [5.41, 5.74) is 5.04. The first-order valence-electron chi connectivity index (χ1n) is 18.2. The quantitative estimate of drug-likeness (QED) is 0.0854. The minimum absolute atomic E-state index is 0.142. The molecule has 8 aromatic carbocycles. The Bertz CT molecular complexity index is 2430. The van der Waals surface area contributed by atoms with Crippen molar-refractivity contribution in [1.82, 2.24) is 0 Å². The smallest absolute Gasteiger partial charge is 0.166 e. The monoisotopic (exact) mass is 784 g/mol. The molecule has 0 bridgehead atoms. The van der Waals surface area contributed by atoms with Gasteiger partial charge in [-0.1, -0.05) is 24.3 Å². The third-order valence-electron chi connectivity index (χ3n) is 10.4. The number of hydrogen-bond acceptors (Lipinski definition) is 6. The third kappa shape index (κ3) is 6.39. The Morgan fingerprint density at radius 2 is 0.491 bits per heavy atom. The van der Waals surface area contributed by atoms with Gasteiger partial charge in [0.25, 0.3) is 0 Å². The zero-order valence-corrected chi connectivity index (χ0v) is 32.0. The van der Waals surface area contributed by atoms with Crippen LogP contribution in [-0.4, -0.2) is 30.6 Å². The fraction of sp³-hybridized carbons (Fsp3) is 0.0204. The van der Waals surface area contributed by atoms with Crippen LogP contribution in [0.3, 0.4) is 0 Å². The van der Waals surface area contributed by atoms with E-state index < -0.39 is 27.2 Å². The highest BCUT2D eigenvalue weighted by Gasteiger charge is 2.48. The molecule has 1 aliphatic rings. The molecule has 0 amide bonds. The van der Waals surface area contributed by atoms with Crippen LogP contribution in [0, 0.1) is 0 Å². The molecular weight excluding hydrogens is 749 g/mol. The number of phenolic OH excluding ortho intramolecular Hbond substituents is 6. The Balaban J connectivity index is 1.34. The van der Waals surface area contributed by atoms with Crippen molar-refractivity contribution in [3.63, 3.8) is 0 Å². The Morgan fingerprint density at radius 1 is 0.263 bits per heavy atom. The summed E-state index contributed by atoms with van der Waals surface area (Å²) in [5, 5.41) is 62.2. The predicted octanol–water partition coefficient (Wildman–Crippen LogP) is 10.5. The largest absolute Gasteiger partial charge is 0.508 e. The lowest BCUT2D eigenvalue weighted by Crippen LogP contribution is -2.29. The van der Waals surface area contributed by atoms with E-state index in [1.807, 2.05) is 72.8 Å². The minimum Gasteiger partial charge on any atom is -0.508 e. The van der Waals surface area contributed by atoms with Crippen LogP contribution in [0.1, 0.15) is 22.3 Å². The van der Waals surface area contributed by atoms with Crippen LogP contribution >= 0.6 is 0 Å². The molecule has 0 saturated carbocycles. The molecular formula is C49H36O6S2+2. The molecule has 0 fully saturated rings. The molecule has 0 aliphatic heterocycles. The molecule has 0 atom stereocenters. The molecule has 8 heteroatoms. The highest BCUT2D eigenvalue weighted by atomic mass is 32.2. The number of hydrogen-bond donors (Lipinski definition) is 6. The van der Waals surface area contributed by atoms with Crippen molar-refractivity contribution in [1.29, 1.82) is 0 Å². The highest BCUT2D eigenvalue weighted by Crippen LogP contribution is 2.58. The third-order valence-corrected chi connectivity index (χ3v) is 14.9. The van der Waals surface area contributed by atoms with Crippen molar-refractivity contribution >= 4 is 21.8 Å². The van der Waals surface area contributed by atoms with Gasteiger partial charge in [0, 0.05) is 0 Å². The van der Waals surface area contributed by atoms with Crippen LogP contribution in [0.25, 0.3) is 11.1 Å². The maximum atomic E-state index is 10.6. The number of rotatable bonds is 8. The fourth-order valence-corrected chi connectivity index (χ4v) is 12.0.